The highest BCUT2D eigenvalue weighted by Crippen LogP contribution is 2.45. The summed E-state index contributed by atoms with van der Waals surface area (Å²) < 4.78 is 5.58. The monoisotopic (exact) mass is 210 g/mol. The van der Waals surface area contributed by atoms with Gasteiger partial charge in [-0.15, -0.1) is 0 Å². The van der Waals surface area contributed by atoms with Crippen molar-refractivity contribution in [2.45, 2.75) is 51.6 Å². The van der Waals surface area contributed by atoms with Crippen LogP contribution in [-0.4, -0.2) is 19.0 Å². The summed E-state index contributed by atoms with van der Waals surface area (Å²) in [4.78, 5) is 11.6. The number of methoxy groups -OCH3 is 1. The van der Waals surface area contributed by atoms with Crippen molar-refractivity contribution in [1.82, 2.24) is 0 Å². The fourth-order valence-corrected chi connectivity index (χ4v) is 3.74. The second-order valence-electron chi connectivity index (χ2n) is 5.18. The first-order valence-electron chi connectivity index (χ1n) is 6.27. The number of hydrogen-bond acceptors (Lipinski definition) is 2. The van der Waals surface area contributed by atoms with Gasteiger partial charge < -0.3 is 4.74 Å². The van der Waals surface area contributed by atoms with Crippen LogP contribution in [0.3, 0.4) is 0 Å². The van der Waals surface area contributed by atoms with Crippen LogP contribution >= 0.6 is 0 Å². The SMILES string of the molecule is CO[C@@H]1CCCC2C1CCC[C@H]2C(C)=O. The van der Waals surface area contributed by atoms with Gasteiger partial charge in [-0.1, -0.05) is 12.8 Å². The molecule has 2 saturated carbocycles. The molecule has 15 heavy (non-hydrogen) atoms. The van der Waals surface area contributed by atoms with E-state index in [0.29, 0.717) is 29.6 Å². The normalized spacial score (nSPS) is 40.9. The van der Waals surface area contributed by atoms with Gasteiger partial charge in [0.15, 0.2) is 0 Å². The van der Waals surface area contributed by atoms with E-state index in [1.54, 1.807) is 6.92 Å². The van der Waals surface area contributed by atoms with Crippen LogP contribution < -0.4 is 0 Å². The molecule has 0 spiro atoms. The van der Waals surface area contributed by atoms with Gasteiger partial charge in [-0.2, -0.15) is 0 Å². The van der Waals surface area contributed by atoms with Crippen molar-refractivity contribution in [3.05, 3.63) is 0 Å². The number of rotatable bonds is 2. The third-order valence-corrected chi connectivity index (χ3v) is 4.45. The Kier molecular flexibility index (Phi) is 3.45. The highest BCUT2D eigenvalue weighted by Gasteiger charge is 2.41. The van der Waals surface area contributed by atoms with E-state index in [9.17, 15) is 4.79 Å². The van der Waals surface area contributed by atoms with Crippen LogP contribution in [0.4, 0.5) is 0 Å². The van der Waals surface area contributed by atoms with Crippen molar-refractivity contribution in [1.29, 1.82) is 0 Å². The van der Waals surface area contributed by atoms with E-state index < -0.39 is 0 Å². The number of hydrogen-bond donors (Lipinski definition) is 0. The van der Waals surface area contributed by atoms with Crippen LogP contribution in [0.2, 0.25) is 0 Å². The van der Waals surface area contributed by atoms with E-state index in [-0.39, 0.29) is 0 Å². The zero-order chi connectivity index (χ0) is 10.8. The van der Waals surface area contributed by atoms with Crippen molar-refractivity contribution in [2.75, 3.05) is 7.11 Å². The maximum atomic E-state index is 11.6. The van der Waals surface area contributed by atoms with E-state index in [0.717, 1.165) is 6.42 Å². The second-order valence-corrected chi connectivity index (χ2v) is 5.18. The molecule has 0 bridgehead atoms. The van der Waals surface area contributed by atoms with E-state index >= 15 is 0 Å². The minimum absolute atomic E-state index is 0.335. The number of ketones is 1. The maximum Gasteiger partial charge on any atom is 0.133 e. The summed E-state index contributed by atoms with van der Waals surface area (Å²) in [6.07, 6.45) is 7.71. The highest BCUT2D eigenvalue weighted by atomic mass is 16.5. The third-order valence-electron chi connectivity index (χ3n) is 4.45. The van der Waals surface area contributed by atoms with Gasteiger partial charge in [-0.25, -0.2) is 0 Å². The standard InChI is InChI=1S/C13H22O2/c1-9(14)10-5-3-7-12-11(10)6-4-8-13(12)15-2/h10-13H,3-8H2,1-2H3/t10-,11?,12?,13+/m0/s1. The largest absolute Gasteiger partial charge is 0.381 e. The summed E-state index contributed by atoms with van der Waals surface area (Å²) in [5.41, 5.74) is 0. The summed E-state index contributed by atoms with van der Waals surface area (Å²) in [7, 11) is 1.82. The predicted molar refractivity (Wildman–Crippen MR) is 59.7 cm³/mol. The van der Waals surface area contributed by atoms with Crippen LogP contribution in [0.25, 0.3) is 0 Å². The summed E-state index contributed by atoms with van der Waals surface area (Å²) in [6.45, 7) is 1.77. The topological polar surface area (TPSA) is 26.3 Å². The number of carbonyl (C=O) groups excluding carboxylic acids is 1. The number of fused-ring (bicyclic) bond motifs is 1. The molecule has 0 aromatic rings. The molecule has 0 aliphatic heterocycles. The zero-order valence-electron chi connectivity index (χ0n) is 9.87. The smallest absolute Gasteiger partial charge is 0.133 e. The Balaban J connectivity index is 2.11. The first kappa shape index (κ1) is 11.1. The van der Waals surface area contributed by atoms with Gasteiger partial charge in [0, 0.05) is 13.0 Å². The average molecular weight is 210 g/mol. The lowest BCUT2D eigenvalue weighted by molar-refractivity contribution is -0.127. The van der Waals surface area contributed by atoms with Crippen molar-refractivity contribution in [3.63, 3.8) is 0 Å². The molecule has 0 aromatic carbocycles. The molecule has 4 atom stereocenters. The molecule has 2 fully saturated rings. The van der Waals surface area contributed by atoms with Gasteiger partial charge in [0.25, 0.3) is 0 Å². The molecule has 2 rings (SSSR count). The summed E-state index contributed by atoms with van der Waals surface area (Å²) in [6, 6.07) is 0. The van der Waals surface area contributed by atoms with Crippen LogP contribution in [-0.2, 0) is 9.53 Å². The van der Waals surface area contributed by atoms with E-state index in [2.05, 4.69) is 0 Å². The second kappa shape index (κ2) is 4.65. The Hall–Kier alpha value is -0.370. The van der Waals surface area contributed by atoms with Crippen LogP contribution in [0, 0.1) is 17.8 Å². The molecule has 2 unspecified atom stereocenters. The van der Waals surface area contributed by atoms with Crippen molar-refractivity contribution in [2.24, 2.45) is 17.8 Å². The quantitative estimate of drug-likeness (QED) is 0.700. The minimum atomic E-state index is 0.335. The van der Waals surface area contributed by atoms with Crippen molar-refractivity contribution in [3.8, 4) is 0 Å². The number of carbonyl (C=O) groups is 1. The molecule has 2 heteroatoms. The molecule has 0 heterocycles. The Morgan fingerprint density at radius 3 is 2.40 bits per heavy atom. The summed E-state index contributed by atoms with van der Waals surface area (Å²) in [5.74, 6) is 2.02. The molecule has 2 aliphatic rings. The lowest BCUT2D eigenvalue weighted by Gasteiger charge is -2.44. The first-order chi connectivity index (χ1) is 7.24. The molecule has 0 saturated heterocycles. The average Bonchev–Trinajstić information content (AvgIpc) is 2.27. The van der Waals surface area contributed by atoms with E-state index in [1.165, 1.54) is 32.1 Å². The fraction of sp³-hybridized carbons (Fsp3) is 0.923. The van der Waals surface area contributed by atoms with Crippen LogP contribution in [0.1, 0.15) is 45.4 Å². The van der Waals surface area contributed by atoms with Gasteiger partial charge >= 0.3 is 0 Å². The number of Topliss-reactive ketones (excluding diaryl/α,β-unsaturated/α-hetero) is 1. The maximum absolute atomic E-state index is 11.6. The molecule has 86 valence electrons. The van der Waals surface area contributed by atoms with Gasteiger partial charge in [0.05, 0.1) is 6.10 Å². The highest BCUT2D eigenvalue weighted by molar-refractivity contribution is 5.78. The molecule has 0 amide bonds. The van der Waals surface area contributed by atoms with Gasteiger partial charge in [-0.05, 0) is 44.4 Å². The first-order valence-corrected chi connectivity index (χ1v) is 6.27. The third kappa shape index (κ3) is 2.10. The lowest BCUT2D eigenvalue weighted by Crippen LogP contribution is -2.42. The molecular formula is C13H22O2. The molecule has 2 aliphatic carbocycles. The number of ether oxygens (including phenoxy) is 1. The fourth-order valence-electron chi connectivity index (χ4n) is 3.74. The van der Waals surface area contributed by atoms with E-state index in [1.807, 2.05) is 7.11 Å². The van der Waals surface area contributed by atoms with E-state index in [4.69, 9.17) is 4.74 Å². The Morgan fingerprint density at radius 1 is 1.07 bits per heavy atom. The Bertz CT molecular complexity index is 237. The molecular weight excluding hydrogens is 188 g/mol. The van der Waals surface area contributed by atoms with Crippen molar-refractivity contribution < 1.29 is 9.53 Å². The van der Waals surface area contributed by atoms with Crippen LogP contribution in [0.5, 0.6) is 0 Å². The summed E-state index contributed by atoms with van der Waals surface area (Å²) in [5, 5.41) is 0. The molecule has 0 radical (unpaired) electrons. The van der Waals surface area contributed by atoms with Gasteiger partial charge in [-0.3, -0.25) is 4.79 Å². The lowest BCUT2D eigenvalue weighted by atomic mass is 9.63. The Labute approximate surface area is 92.4 Å². The van der Waals surface area contributed by atoms with Crippen molar-refractivity contribution >= 4 is 5.78 Å². The summed E-state index contributed by atoms with van der Waals surface area (Å²) >= 11 is 0. The van der Waals surface area contributed by atoms with Gasteiger partial charge in [0.1, 0.15) is 5.78 Å². The molecule has 0 aromatic heterocycles. The van der Waals surface area contributed by atoms with Crippen LogP contribution in [0.15, 0.2) is 0 Å². The molecule has 2 nitrogen and oxygen atoms in total. The predicted octanol–water partition coefficient (Wildman–Crippen LogP) is 2.81. The minimum Gasteiger partial charge on any atom is -0.381 e. The van der Waals surface area contributed by atoms with Gasteiger partial charge in [0.2, 0.25) is 0 Å². The molecule has 0 N–H and O–H groups in total. The Morgan fingerprint density at radius 2 is 1.73 bits per heavy atom. The zero-order valence-corrected chi connectivity index (χ0v) is 9.87.